The third kappa shape index (κ3) is 3.02. The second-order valence-electron chi connectivity index (χ2n) is 6.14. The van der Waals surface area contributed by atoms with Crippen LogP contribution in [0.15, 0.2) is 18.3 Å². The van der Waals surface area contributed by atoms with Gasteiger partial charge in [-0.05, 0) is 44.4 Å². The second-order valence-corrected chi connectivity index (χ2v) is 6.14. The van der Waals surface area contributed by atoms with Gasteiger partial charge in [0.15, 0.2) is 0 Å². The molecule has 0 amide bonds. The maximum atomic E-state index is 4.57. The van der Waals surface area contributed by atoms with Crippen LogP contribution in [-0.2, 0) is 0 Å². The Kier molecular flexibility index (Phi) is 3.91. The third-order valence-corrected chi connectivity index (χ3v) is 3.91. The number of pyridine rings is 1. The summed E-state index contributed by atoms with van der Waals surface area (Å²) >= 11 is 0. The molecule has 3 nitrogen and oxygen atoms in total. The molecule has 2 heterocycles. The highest BCUT2D eigenvalue weighted by atomic mass is 15.1. The van der Waals surface area contributed by atoms with Gasteiger partial charge in [0.25, 0.3) is 0 Å². The molecule has 1 unspecified atom stereocenters. The monoisotopic (exact) mass is 247 g/mol. The van der Waals surface area contributed by atoms with Crippen molar-refractivity contribution in [1.29, 1.82) is 0 Å². The van der Waals surface area contributed by atoms with E-state index in [0.717, 1.165) is 18.8 Å². The summed E-state index contributed by atoms with van der Waals surface area (Å²) in [7, 11) is 1.97. The van der Waals surface area contributed by atoms with Crippen molar-refractivity contribution in [3.8, 4) is 0 Å². The lowest BCUT2D eigenvalue weighted by Crippen LogP contribution is -2.40. The average molecular weight is 247 g/mol. The fourth-order valence-corrected chi connectivity index (χ4v) is 2.63. The summed E-state index contributed by atoms with van der Waals surface area (Å²) in [6.45, 7) is 9.13. The summed E-state index contributed by atoms with van der Waals surface area (Å²) in [6, 6.07) is 4.66. The van der Waals surface area contributed by atoms with Gasteiger partial charge in [-0.3, -0.25) is 4.98 Å². The highest BCUT2D eigenvalue weighted by Gasteiger charge is 2.26. The first-order valence-corrected chi connectivity index (χ1v) is 6.90. The van der Waals surface area contributed by atoms with Gasteiger partial charge in [-0.15, -0.1) is 0 Å². The fourth-order valence-electron chi connectivity index (χ4n) is 2.63. The molecule has 0 spiro atoms. The molecule has 1 aliphatic rings. The van der Waals surface area contributed by atoms with Crippen LogP contribution in [0.5, 0.6) is 0 Å². The van der Waals surface area contributed by atoms with E-state index < -0.39 is 0 Å². The van der Waals surface area contributed by atoms with Crippen LogP contribution in [0.2, 0.25) is 0 Å². The molecule has 1 N–H and O–H groups in total. The van der Waals surface area contributed by atoms with Crippen molar-refractivity contribution in [1.82, 2.24) is 10.3 Å². The minimum Gasteiger partial charge on any atom is -0.370 e. The van der Waals surface area contributed by atoms with Gasteiger partial charge >= 0.3 is 0 Å². The van der Waals surface area contributed by atoms with Crippen LogP contribution in [0, 0.1) is 5.41 Å². The van der Waals surface area contributed by atoms with Gasteiger partial charge < -0.3 is 10.2 Å². The molecular weight excluding hydrogens is 222 g/mol. The summed E-state index contributed by atoms with van der Waals surface area (Å²) in [5, 5.41) is 3.22. The first-order valence-electron chi connectivity index (χ1n) is 6.90. The van der Waals surface area contributed by atoms with Crippen molar-refractivity contribution in [2.45, 2.75) is 39.7 Å². The Morgan fingerprint density at radius 2 is 2.17 bits per heavy atom. The zero-order valence-electron chi connectivity index (χ0n) is 12.0. The molecule has 1 fully saturated rings. The van der Waals surface area contributed by atoms with Gasteiger partial charge in [0.2, 0.25) is 0 Å². The molecular formula is C15H25N3. The maximum absolute atomic E-state index is 4.57. The third-order valence-electron chi connectivity index (χ3n) is 3.91. The van der Waals surface area contributed by atoms with Crippen LogP contribution in [-0.4, -0.2) is 25.1 Å². The summed E-state index contributed by atoms with van der Waals surface area (Å²) in [5.41, 5.74) is 2.79. The number of hydrogen-bond donors (Lipinski definition) is 1. The van der Waals surface area contributed by atoms with Crippen molar-refractivity contribution in [2.75, 3.05) is 25.0 Å². The van der Waals surface area contributed by atoms with Gasteiger partial charge in [-0.2, -0.15) is 0 Å². The van der Waals surface area contributed by atoms with Gasteiger partial charge in [0.05, 0.1) is 17.6 Å². The van der Waals surface area contributed by atoms with Crippen LogP contribution < -0.4 is 10.2 Å². The molecule has 0 saturated carbocycles. The minimum absolute atomic E-state index is 0.317. The number of nitrogens with one attached hydrogen (secondary N) is 1. The maximum Gasteiger partial charge on any atom is 0.0571 e. The van der Waals surface area contributed by atoms with E-state index in [1.165, 1.54) is 18.5 Å². The standard InChI is InChI=1S/C15H25N3/c1-12(16-4)14-7-6-13(10-17-14)18-9-5-8-15(2,3)11-18/h6-7,10,12,16H,5,8-9,11H2,1-4H3. The molecule has 1 aliphatic heterocycles. The Morgan fingerprint density at radius 3 is 2.72 bits per heavy atom. The van der Waals surface area contributed by atoms with Crippen LogP contribution in [0.25, 0.3) is 0 Å². The SMILES string of the molecule is CNC(C)c1ccc(N2CCCC(C)(C)C2)cn1. The molecule has 100 valence electrons. The molecule has 0 aromatic carbocycles. The van der Waals surface area contributed by atoms with Crippen LogP contribution in [0.1, 0.15) is 45.3 Å². The molecule has 0 aliphatic carbocycles. The Hall–Kier alpha value is -1.09. The van der Waals surface area contributed by atoms with Crippen molar-refractivity contribution < 1.29 is 0 Å². The lowest BCUT2D eigenvalue weighted by Gasteiger charge is -2.39. The molecule has 2 rings (SSSR count). The summed E-state index contributed by atoms with van der Waals surface area (Å²) in [5.74, 6) is 0. The van der Waals surface area contributed by atoms with Crippen LogP contribution in [0.3, 0.4) is 0 Å². The van der Waals surface area contributed by atoms with Crippen LogP contribution >= 0.6 is 0 Å². The van der Waals surface area contributed by atoms with Gasteiger partial charge in [0, 0.05) is 19.1 Å². The second kappa shape index (κ2) is 5.27. The fraction of sp³-hybridized carbons (Fsp3) is 0.667. The van der Waals surface area contributed by atoms with E-state index in [0.29, 0.717) is 11.5 Å². The smallest absolute Gasteiger partial charge is 0.0571 e. The number of nitrogens with zero attached hydrogens (tertiary/aromatic N) is 2. The topological polar surface area (TPSA) is 28.2 Å². The predicted octanol–water partition coefficient (Wildman–Crippen LogP) is 2.99. The first-order chi connectivity index (χ1) is 8.52. The zero-order valence-corrected chi connectivity index (χ0v) is 12.0. The number of rotatable bonds is 3. The average Bonchev–Trinajstić information content (AvgIpc) is 2.37. The van der Waals surface area contributed by atoms with E-state index in [9.17, 15) is 0 Å². The lowest BCUT2D eigenvalue weighted by molar-refractivity contribution is 0.293. The number of hydrogen-bond acceptors (Lipinski definition) is 3. The van der Waals surface area contributed by atoms with Gasteiger partial charge in [0.1, 0.15) is 0 Å². The van der Waals surface area contributed by atoms with Gasteiger partial charge in [-0.25, -0.2) is 0 Å². The van der Waals surface area contributed by atoms with Crippen molar-refractivity contribution in [3.63, 3.8) is 0 Å². The van der Waals surface area contributed by atoms with E-state index in [1.54, 1.807) is 0 Å². The number of anilines is 1. The van der Waals surface area contributed by atoms with E-state index >= 15 is 0 Å². The van der Waals surface area contributed by atoms with E-state index in [1.807, 2.05) is 13.2 Å². The summed E-state index contributed by atoms with van der Waals surface area (Å²) in [4.78, 5) is 7.03. The molecule has 3 heteroatoms. The zero-order chi connectivity index (χ0) is 13.2. The summed E-state index contributed by atoms with van der Waals surface area (Å²) < 4.78 is 0. The molecule has 0 radical (unpaired) electrons. The van der Waals surface area contributed by atoms with Crippen LogP contribution in [0.4, 0.5) is 5.69 Å². The quantitative estimate of drug-likeness (QED) is 0.890. The van der Waals surface area contributed by atoms with E-state index in [4.69, 9.17) is 0 Å². The van der Waals surface area contributed by atoms with E-state index in [2.05, 4.69) is 48.1 Å². The Labute approximate surface area is 111 Å². The predicted molar refractivity (Wildman–Crippen MR) is 76.9 cm³/mol. The summed E-state index contributed by atoms with van der Waals surface area (Å²) in [6.07, 6.45) is 4.62. The Bertz CT molecular complexity index is 383. The Morgan fingerprint density at radius 1 is 1.39 bits per heavy atom. The number of piperidine rings is 1. The molecule has 1 aromatic heterocycles. The minimum atomic E-state index is 0.317. The van der Waals surface area contributed by atoms with E-state index in [-0.39, 0.29) is 0 Å². The first kappa shape index (κ1) is 13.3. The molecule has 1 saturated heterocycles. The lowest BCUT2D eigenvalue weighted by atomic mass is 9.84. The van der Waals surface area contributed by atoms with Crippen molar-refractivity contribution in [2.24, 2.45) is 5.41 Å². The molecule has 0 bridgehead atoms. The van der Waals surface area contributed by atoms with Crippen molar-refractivity contribution >= 4 is 5.69 Å². The van der Waals surface area contributed by atoms with Gasteiger partial charge in [-0.1, -0.05) is 13.8 Å². The number of aromatic nitrogens is 1. The normalized spacial score (nSPS) is 20.8. The Balaban J connectivity index is 2.09. The highest BCUT2D eigenvalue weighted by molar-refractivity contribution is 5.45. The molecule has 18 heavy (non-hydrogen) atoms. The van der Waals surface area contributed by atoms with Crippen molar-refractivity contribution in [3.05, 3.63) is 24.0 Å². The molecule has 1 aromatic rings. The highest BCUT2D eigenvalue weighted by Crippen LogP contribution is 2.31. The molecule has 1 atom stereocenters. The largest absolute Gasteiger partial charge is 0.370 e.